The van der Waals surface area contributed by atoms with Crippen LogP contribution in [0.25, 0.3) is 10.9 Å². The fourth-order valence-corrected chi connectivity index (χ4v) is 3.37. The predicted molar refractivity (Wildman–Crippen MR) is 105 cm³/mol. The molecular formula is C19H25N7. The molecule has 0 bridgehead atoms. The average molecular weight is 351 g/mol. The second kappa shape index (κ2) is 7.29. The molecule has 3 N–H and O–H groups in total. The summed E-state index contributed by atoms with van der Waals surface area (Å²) in [4.78, 5) is 11.8. The predicted octanol–water partition coefficient (Wildman–Crippen LogP) is 2.84. The van der Waals surface area contributed by atoms with Crippen LogP contribution in [0.2, 0.25) is 0 Å². The minimum Gasteiger partial charge on any atom is -0.340 e. The zero-order valence-corrected chi connectivity index (χ0v) is 15.3. The van der Waals surface area contributed by atoms with Gasteiger partial charge in [0.15, 0.2) is 0 Å². The Balaban J connectivity index is 1.58. The van der Waals surface area contributed by atoms with Crippen molar-refractivity contribution in [2.24, 2.45) is 5.92 Å². The zero-order chi connectivity index (χ0) is 17.9. The summed E-state index contributed by atoms with van der Waals surface area (Å²) in [5.74, 6) is 2.25. The van der Waals surface area contributed by atoms with Crippen LogP contribution in [0.15, 0.2) is 30.5 Å². The number of H-pyrrole nitrogens is 1. The van der Waals surface area contributed by atoms with E-state index in [1.807, 2.05) is 31.3 Å². The number of aryl methyl sites for hydroxylation is 1. The van der Waals surface area contributed by atoms with Gasteiger partial charge in [0.1, 0.15) is 5.82 Å². The SMILES string of the molecule is CCC1CNCCN(c2nc(C)cc(Nc3ccc4[nH]ncc4c3)n2)C1. The molecule has 3 heterocycles. The maximum absolute atomic E-state index is 4.78. The van der Waals surface area contributed by atoms with Crippen LogP contribution in [0, 0.1) is 12.8 Å². The van der Waals surface area contributed by atoms with Gasteiger partial charge in [-0.3, -0.25) is 5.10 Å². The van der Waals surface area contributed by atoms with Crippen molar-refractivity contribution in [2.45, 2.75) is 20.3 Å². The lowest BCUT2D eigenvalue weighted by molar-refractivity contribution is 0.499. The van der Waals surface area contributed by atoms with Gasteiger partial charge in [-0.15, -0.1) is 0 Å². The van der Waals surface area contributed by atoms with Gasteiger partial charge in [0.05, 0.1) is 11.7 Å². The molecule has 2 aromatic heterocycles. The van der Waals surface area contributed by atoms with Crippen LogP contribution in [0.1, 0.15) is 19.0 Å². The topological polar surface area (TPSA) is 81.8 Å². The third-order valence-electron chi connectivity index (χ3n) is 4.89. The number of benzene rings is 1. The highest BCUT2D eigenvalue weighted by Crippen LogP contribution is 2.22. The Labute approximate surface area is 153 Å². The number of hydrogen-bond donors (Lipinski definition) is 3. The summed E-state index contributed by atoms with van der Waals surface area (Å²) >= 11 is 0. The van der Waals surface area contributed by atoms with Crippen molar-refractivity contribution < 1.29 is 0 Å². The van der Waals surface area contributed by atoms with Crippen LogP contribution in [0.5, 0.6) is 0 Å². The van der Waals surface area contributed by atoms with E-state index in [0.29, 0.717) is 5.92 Å². The van der Waals surface area contributed by atoms with Gasteiger partial charge in [0, 0.05) is 42.5 Å². The number of nitrogens with one attached hydrogen (secondary N) is 3. The standard InChI is InChI=1S/C19H25N7/c1-3-14-10-20-6-7-26(12-14)19-22-13(2)8-18(24-19)23-16-4-5-17-15(9-16)11-21-25-17/h4-5,8-9,11,14,20H,3,6-7,10,12H2,1-2H3,(H,21,25)(H,22,23,24). The number of fused-ring (bicyclic) bond motifs is 1. The van der Waals surface area contributed by atoms with E-state index >= 15 is 0 Å². The van der Waals surface area contributed by atoms with E-state index in [2.05, 4.69) is 43.7 Å². The molecule has 3 aromatic rings. The van der Waals surface area contributed by atoms with E-state index in [1.165, 1.54) is 0 Å². The lowest BCUT2D eigenvalue weighted by atomic mass is 10.1. The van der Waals surface area contributed by atoms with Crippen molar-refractivity contribution in [3.8, 4) is 0 Å². The van der Waals surface area contributed by atoms with E-state index in [4.69, 9.17) is 4.98 Å². The fraction of sp³-hybridized carbons (Fsp3) is 0.421. The second-order valence-corrected chi connectivity index (χ2v) is 6.92. The molecule has 1 atom stereocenters. The van der Waals surface area contributed by atoms with Gasteiger partial charge < -0.3 is 15.5 Å². The number of anilines is 3. The van der Waals surface area contributed by atoms with Gasteiger partial charge in [0.25, 0.3) is 0 Å². The lowest BCUT2D eigenvalue weighted by Gasteiger charge is -2.24. The molecule has 26 heavy (non-hydrogen) atoms. The van der Waals surface area contributed by atoms with Crippen molar-refractivity contribution in [2.75, 3.05) is 36.4 Å². The highest BCUT2D eigenvalue weighted by Gasteiger charge is 2.19. The van der Waals surface area contributed by atoms with Crippen molar-refractivity contribution in [1.82, 2.24) is 25.5 Å². The summed E-state index contributed by atoms with van der Waals surface area (Å²) in [7, 11) is 0. The van der Waals surface area contributed by atoms with E-state index in [1.54, 1.807) is 0 Å². The van der Waals surface area contributed by atoms with Crippen molar-refractivity contribution in [3.05, 3.63) is 36.2 Å². The van der Waals surface area contributed by atoms with Gasteiger partial charge in [-0.05, 0) is 37.6 Å². The van der Waals surface area contributed by atoms with Crippen LogP contribution < -0.4 is 15.5 Å². The number of aromatic amines is 1. The third kappa shape index (κ3) is 3.62. The van der Waals surface area contributed by atoms with E-state index in [-0.39, 0.29) is 0 Å². The summed E-state index contributed by atoms with van der Waals surface area (Å²) in [5, 5.41) is 15.0. The maximum Gasteiger partial charge on any atom is 0.227 e. The van der Waals surface area contributed by atoms with Gasteiger partial charge >= 0.3 is 0 Å². The van der Waals surface area contributed by atoms with Crippen molar-refractivity contribution >= 4 is 28.4 Å². The zero-order valence-electron chi connectivity index (χ0n) is 15.3. The Bertz CT molecular complexity index is 888. The van der Waals surface area contributed by atoms with Crippen molar-refractivity contribution in [1.29, 1.82) is 0 Å². The Morgan fingerprint density at radius 2 is 2.19 bits per heavy atom. The summed E-state index contributed by atoms with van der Waals surface area (Å²) < 4.78 is 0. The molecule has 1 saturated heterocycles. The van der Waals surface area contributed by atoms with Gasteiger partial charge in [0.2, 0.25) is 5.95 Å². The molecule has 0 amide bonds. The summed E-state index contributed by atoms with van der Waals surface area (Å²) in [6, 6.07) is 8.10. The van der Waals surface area contributed by atoms with Crippen molar-refractivity contribution in [3.63, 3.8) is 0 Å². The first kappa shape index (κ1) is 16.8. The molecule has 0 spiro atoms. The smallest absolute Gasteiger partial charge is 0.227 e. The van der Waals surface area contributed by atoms with Gasteiger partial charge in [-0.2, -0.15) is 10.1 Å². The fourth-order valence-electron chi connectivity index (χ4n) is 3.37. The van der Waals surface area contributed by atoms with Crippen LogP contribution in [-0.4, -0.2) is 46.3 Å². The first-order valence-electron chi connectivity index (χ1n) is 9.23. The highest BCUT2D eigenvalue weighted by molar-refractivity contribution is 5.82. The molecule has 0 radical (unpaired) electrons. The molecule has 1 aliphatic heterocycles. The first-order chi connectivity index (χ1) is 12.7. The molecule has 1 aromatic carbocycles. The Morgan fingerprint density at radius 1 is 1.27 bits per heavy atom. The van der Waals surface area contributed by atoms with Gasteiger partial charge in [-0.25, -0.2) is 4.98 Å². The van der Waals surface area contributed by atoms with Crippen LogP contribution >= 0.6 is 0 Å². The normalized spacial score (nSPS) is 18.1. The molecule has 4 rings (SSSR count). The molecule has 0 saturated carbocycles. The summed E-state index contributed by atoms with van der Waals surface area (Å²) in [5.41, 5.74) is 2.98. The summed E-state index contributed by atoms with van der Waals surface area (Å²) in [6.45, 7) is 8.21. The minimum absolute atomic E-state index is 0.626. The monoisotopic (exact) mass is 351 g/mol. The second-order valence-electron chi connectivity index (χ2n) is 6.92. The van der Waals surface area contributed by atoms with Crippen LogP contribution in [0.3, 0.4) is 0 Å². The molecule has 7 heteroatoms. The quantitative estimate of drug-likeness (QED) is 0.670. The molecule has 1 fully saturated rings. The lowest BCUT2D eigenvalue weighted by Crippen LogP contribution is -2.31. The van der Waals surface area contributed by atoms with Gasteiger partial charge in [-0.1, -0.05) is 13.3 Å². The Kier molecular flexibility index (Phi) is 4.71. The minimum atomic E-state index is 0.626. The molecule has 136 valence electrons. The number of hydrogen-bond acceptors (Lipinski definition) is 6. The number of aromatic nitrogens is 4. The highest BCUT2D eigenvalue weighted by atomic mass is 15.3. The number of nitrogens with zero attached hydrogens (tertiary/aromatic N) is 4. The molecule has 0 aliphatic carbocycles. The largest absolute Gasteiger partial charge is 0.340 e. The van der Waals surface area contributed by atoms with E-state index in [0.717, 1.165) is 66.7 Å². The third-order valence-corrected chi connectivity index (χ3v) is 4.89. The molecular weight excluding hydrogens is 326 g/mol. The maximum atomic E-state index is 4.78. The first-order valence-corrected chi connectivity index (χ1v) is 9.23. The number of rotatable bonds is 4. The average Bonchev–Trinajstić information content (AvgIpc) is 2.96. The summed E-state index contributed by atoms with van der Waals surface area (Å²) in [6.07, 6.45) is 2.98. The molecule has 1 unspecified atom stereocenters. The Morgan fingerprint density at radius 3 is 3.08 bits per heavy atom. The van der Waals surface area contributed by atoms with Crippen LogP contribution in [0.4, 0.5) is 17.5 Å². The molecule has 1 aliphatic rings. The molecule has 7 nitrogen and oxygen atoms in total. The Hall–Kier alpha value is -2.67. The van der Waals surface area contributed by atoms with E-state index < -0.39 is 0 Å². The van der Waals surface area contributed by atoms with Crippen LogP contribution in [-0.2, 0) is 0 Å². The van der Waals surface area contributed by atoms with E-state index in [9.17, 15) is 0 Å².